The van der Waals surface area contributed by atoms with Gasteiger partial charge in [-0.3, -0.25) is 9.69 Å². The molecule has 0 N–H and O–H groups in total. The quantitative estimate of drug-likeness (QED) is 0.778. The third-order valence-electron chi connectivity index (χ3n) is 5.47. The molecule has 0 aromatic heterocycles. The van der Waals surface area contributed by atoms with Crippen molar-refractivity contribution >= 4 is 5.78 Å². The number of carbonyl (C=O) groups is 1. The topological polar surface area (TPSA) is 23.6 Å². The Hall–Kier alpha value is -0.410. The van der Waals surface area contributed by atoms with Gasteiger partial charge >= 0.3 is 0 Å². The lowest BCUT2D eigenvalue weighted by molar-refractivity contribution is -0.127. The lowest BCUT2D eigenvalue weighted by atomic mass is 9.77. The maximum atomic E-state index is 12.1. The van der Waals surface area contributed by atoms with E-state index in [0.29, 0.717) is 17.7 Å². The fraction of sp³-hybridized carbons (Fsp3) is 0.944. The molecule has 122 valence electrons. The zero-order valence-electron chi connectivity index (χ0n) is 14.5. The van der Waals surface area contributed by atoms with Gasteiger partial charge in [0, 0.05) is 50.6 Å². The van der Waals surface area contributed by atoms with E-state index in [4.69, 9.17) is 0 Å². The molecule has 21 heavy (non-hydrogen) atoms. The number of Topliss-reactive ketones (excluding diaryl/α,β-unsaturated/α-hetero) is 1. The normalized spacial score (nSPS) is 29.2. The minimum Gasteiger partial charge on any atom is -0.301 e. The van der Waals surface area contributed by atoms with Gasteiger partial charge in [0.15, 0.2) is 0 Å². The predicted octanol–water partition coefficient (Wildman–Crippen LogP) is 3.04. The van der Waals surface area contributed by atoms with Gasteiger partial charge in [-0.15, -0.1) is 0 Å². The molecule has 1 saturated heterocycles. The van der Waals surface area contributed by atoms with Crippen molar-refractivity contribution in [3.05, 3.63) is 0 Å². The van der Waals surface area contributed by atoms with Crippen molar-refractivity contribution in [1.29, 1.82) is 0 Å². The van der Waals surface area contributed by atoms with Gasteiger partial charge in [0.25, 0.3) is 0 Å². The fourth-order valence-corrected chi connectivity index (χ4v) is 3.93. The first-order valence-corrected chi connectivity index (χ1v) is 8.97. The maximum Gasteiger partial charge on any atom is 0.138 e. The van der Waals surface area contributed by atoms with Crippen molar-refractivity contribution < 1.29 is 4.79 Å². The molecule has 0 unspecified atom stereocenters. The van der Waals surface area contributed by atoms with E-state index in [1.807, 2.05) is 13.8 Å². The molecule has 0 amide bonds. The van der Waals surface area contributed by atoms with Gasteiger partial charge in [-0.2, -0.15) is 0 Å². The van der Waals surface area contributed by atoms with E-state index in [-0.39, 0.29) is 5.92 Å². The van der Waals surface area contributed by atoms with Gasteiger partial charge in [-0.05, 0) is 45.4 Å². The Morgan fingerprint density at radius 2 is 1.52 bits per heavy atom. The molecular weight excluding hydrogens is 260 g/mol. The largest absolute Gasteiger partial charge is 0.301 e. The second-order valence-electron chi connectivity index (χ2n) is 7.71. The lowest BCUT2D eigenvalue weighted by Gasteiger charge is -2.39. The second-order valence-corrected chi connectivity index (χ2v) is 7.71. The van der Waals surface area contributed by atoms with Crippen LogP contribution in [-0.2, 0) is 4.79 Å². The fourth-order valence-electron chi connectivity index (χ4n) is 3.93. The molecule has 1 aliphatic heterocycles. The van der Waals surface area contributed by atoms with Crippen molar-refractivity contribution in [1.82, 2.24) is 9.80 Å². The Balaban J connectivity index is 1.69. The molecule has 3 nitrogen and oxygen atoms in total. The standard InChI is InChI=1S/C18H34N2O/c1-14(2)18(21)17-7-5-16(6-8-17)13-19-9-11-20(12-10-19)15(3)4/h14-17H,5-13H2,1-4H3. The number of nitrogens with zero attached hydrogens (tertiary/aromatic N) is 2. The van der Waals surface area contributed by atoms with Crippen LogP contribution in [0.4, 0.5) is 0 Å². The lowest BCUT2D eigenvalue weighted by Crippen LogP contribution is -2.50. The zero-order valence-corrected chi connectivity index (χ0v) is 14.5. The average Bonchev–Trinajstić information content (AvgIpc) is 2.47. The molecule has 0 radical (unpaired) electrons. The van der Waals surface area contributed by atoms with E-state index < -0.39 is 0 Å². The summed E-state index contributed by atoms with van der Waals surface area (Å²) in [5, 5.41) is 0. The predicted molar refractivity (Wildman–Crippen MR) is 88.4 cm³/mol. The summed E-state index contributed by atoms with van der Waals surface area (Å²) in [4.78, 5) is 17.3. The van der Waals surface area contributed by atoms with Gasteiger partial charge in [0.05, 0.1) is 0 Å². The molecule has 0 atom stereocenters. The van der Waals surface area contributed by atoms with Crippen LogP contribution >= 0.6 is 0 Å². The van der Waals surface area contributed by atoms with Crippen molar-refractivity contribution in [3.63, 3.8) is 0 Å². The Bertz CT molecular complexity index is 324. The number of carbonyl (C=O) groups excluding carboxylic acids is 1. The molecule has 2 rings (SSSR count). The summed E-state index contributed by atoms with van der Waals surface area (Å²) in [6.07, 6.45) is 4.78. The molecule has 3 heteroatoms. The van der Waals surface area contributed by atoms with Crippen LogP contribution in [0.25, 0.3) is 0 Å². The summed E-state index contributed by atoms with van der Waals surface area (Å²) in [5.74, 6) is 1.90. The Morgan fingerprint density at radius 1 is 0.952 bits per heavy atom. The average molecular weight is 294 g/mol. The highest BCUT2D eigenvalue weighted by Gasteiger charge is 2.29. The summed E-state index contributed by atoms with van der Waals surface area (Å²) < 4.78 is 0. The summed E-state index contributed by atoms with van der Waals surface area (Å²) in [6, 6.07) is 0.685. The maximum absolute atomic E-state index is 12.1. The van der Waals surface area contributed by atoms with Crippen molar-refractivity contribution in [2.45, 2.75) is 59.4 Å². The Morgan fingerprint density at radius 3 is 2.00 bits per heavy atom. The number of ketones is 1. The van der Waals surface area contributed by atoms with Crippen LogP contribution in [0.2, 0.25) is 0 Å². The number of hydrogen-bond acceptors (Lipinski definition) is 3. The third kappa shape index (κ3) is 4.79. The first kappa shape index (κ1) is 17.0. The molecule has 1 saturated carbocycles. The molecule has 1 aliphatic carbocycles. The zero-order chi connectivity index (χ0) is 15.4. The summed E-state index contributed by atoms with van der Waals surface area (Å²) >= 11 is 0. The molecule has 1 heterocycles. The van der Waals surface area contributed by atoms with Gasteiger partial charge < -0.3 is 4.90 Å². The van der Waals surface area contributed by atoms with Gasteiger partial charge in [-0.1, -0.05) is 13.8 Å². The SMILES string of the molecule is CC(C)C(=O)C1CCC(CN2CCN(C(C)C)CC2)CC1. The molecule has 2 aliphatic rings. The molecule has 2 fully saturated rings. The number of piperazine rings is 1. The van der Waals surface area contributed by atoms with Gasteiger partial charge in [0.1, 0.15) is 5.78 Å². The Labute approximate surface area is 131 Å². The smallest absolute Gasteiger partial charge is 0.138 e. The van der Waals surface area contributed by atoms with E-state index in [1.54, 1.807) is 0 Å². The molecular formula is C18H34N2O. The minimum absolute atomic E-state index is 0.218. The van der Waals surface area contributed by atoms with Crippen LogP contribution < -0.4 is 0 Å². The van der Waals surface area contributed by atoms with Crippen LogP contribution in [0.3, 0.4) is 0 Å². The molecule has 0 aromatic rings. The molecule has 0 aromatic carbocycles. The summed E-state index contributed by atoms with van der Waals surface area (Å²) in [6.45, 7) is 14.8. The summed E-state index contributed by atoms with van der Waals surface area (Å²) in [5.41, 5.74) is 0. The van der Waals surface area contributed by atoms with Crippen LogP contribution in [0.15, 0.2) is 0 Å². The Kier molecular flexibility index (Phi) is 6.24. The molecule has 0 bridgehead atoms. The van der Waals surface area contributed by atoms with Gasteiger partial charge in [0.2, 0.25) is 0 Å². The summed E-state index contributed by atoms with van der Waals surface area (Å²) in [7, 11) is 0. The second kappa shape index (κ2) is 7.73. The van der Waals surface area contributed by atoms with Crippen LogP contribution in [-0.4, -0.2) is 54.3 Å². The first-order valence-electron chi connectivity index (χ1n) is 8.97. The highest BCUT2D eigenvalue weighted by molar-refractivity contribution is 5.82. The van der Waals surface area contributed by atoms with Gasteiger partial charge in [-0.25, -0.2) is 0 Å². The number of hydrogen-bond donors (Lipinski definition) is 0. The van der Waals surface area contributed by atoms with Crippen molar-refractivity contribution in [2.24, 2.45) is 17.8 Å². The van der Waals surface area contributed by atoms with Crippen molar-refractivity contribution in [3.8, 4) is 0 Å². The van der Waals surface area contributed by atoms with Crippen molar-refractivity contribution in [2.75, 3.05) is 32.7 Å². The first-order chi connectivity index (χ1) is 9.97. The van der Waals surface area contributed by atoms with E-state index >= 15 is 0 Å². The molecule has 0 spiro atoms. The highest BCUT2D eigenvalue weighted by Crippen LogP contribution is 2.31. The van der Waals surface area contributed by atoms with Crippen LogP contribution in [0.1, 0.15) is 53.4 Å². The minimum atomic E-state index is 0.218. The highest BCUT2D eigenvalue weighted by atomic mass is 16.1. The van der Waals surface area contributed by atoms with E-state index in [0.717, 1.165) is 18.8 Å². The monoisotopic (exact) mass is 294 g/mol. The van der Waals surface area contributed by atoms with E-state index in [9.17, 15) is 4.79 Å². The van der Waals surface area contributed by atoms with Crippen LogP contribution in [0, 0.1) is 17.8 Å². The number of rotatable bonds is 5. The van der Waals surface area contributed by atoms with Crippen LogP contribution in [0.5, 0.6) is 0 Å². The third-order valence-corrected chi connectivity index (χ3v) is 5.47. The van der Waals surface area contributed by atoms with E-state index in [1.165, 1.54) is 45.6 Å². The van der Waals surface area contributed by atoms with E-state index in [2.05, 4.69) is 23.6 Å².